The molecule has 0 radical (unpaired) electrons. The number of nitrogens with one attached hydrogen (secondary N) is 3. The first-order chi connectivity index (χ1) is 23.8. The fourth-order valence-electron chi connectivity index (χ4n) is 5.85. The van der Waals surface area contributed by atoms with E-state index in [0.717, 1.165) is 28.3 Å². The molecule has 1 fully saturated rings. The van der Waals surface area contributed by atoms with Crippen LogP contribution < -0.4 is 21.1 Å². The Hall–Kier alpha value is -5.23. The van der Waals surface area contributed by atoms with E-state index in [1.807, 2.05) is 6.08 Å². The molecule has 3 amide bonds. The number of nitrogens with zero attached hydrogens (tertiary/aromatic N) is 7. The molecule has 6 rings (SSSR count). The van der Waals surface area contributed by atoms with Crippen LogP contribution in [-0.2, 0) is 38.3 Å². The minimum Gasteiger partial charge on any atom is -0.377 e. The van der Waals surface area contributed by atoms with E-state index >= 15 is 0 Å². The lowest BCUT2D eigenvalue weighted by atomic mass is 10.1. The van der Waals surface area contributed by atoms with Crippen molar-refractivity contribution < 1.29 is 32.3 Å². The summed E-state index contributed by atoms with van der Waals surface area (Å²) in [4.78, 5) is 60.9. The van der Waals surface area contributed by atoms with Crippen LogP contribution in [-0.4, -0.2) is 91.4 Å². The number of carbonyl (C=O) groups is 3. The van der Waals surface area contributed by atoms with Crippen molar-refractivity contribution in [2.45, 2.75) is 39.4 Å². The lowest BCUT2D eigenvalue weighted by Crippen LogP contribution is -2.53. The molecule has 2 aliphatic heterocycles. The summed E-state index contributed by atoms with van der Waals surface area (Å²) in [5.41, 5.74) is 0.680. The Morgan fingerprint density at radius 3 is 2.48 bits per heavy atom. The number of H-pyrrole nitrogens is 1. The molecule has 0 aliphatic carbocycles. The number of carbonyl (C=O) groups excluding carboxylic acids is 3. The van der Waals surface area contributed by atoms with Gasteiger partial charge in [0.05, 0.1) is 35.2 Å². The summed E-state index contributed by atoms with van der Waals surface area (Å²) in [5.74, 6) is -1.64. The van der Waals surface area contributed by atoms with Crippen molar-refractivity contribution >= 4 is 57.9 Å². The molecular formula is C31H32ClF3N10O5. The van der Waals surface area contributed by atoms with Gasteiger partial charge in [-0.25, -0.2) is 0 Å². The van der Waals surface area contributed by atoms with Crippen molar-refractivity contribution in [1.29, 1.82) is 0 Å². The smallest absolute Gasteiger partial charge is 0.377 e. The number of aromatic amines is 1. The Kier molecular flexibility index (Phi) is 9.66. The number of fused-ring (bicyclic) bond motifs is 1. The normalized spacial score (nSPS) is 15.3. The maximum absolute atomic E-state index is 14.1. The van der Waals surface area contributed by atoms with E-state index in [1.54, 1.807) is 24.8 Å². The van der Waals surface area contributed by atoms with Gasteiger partial charge in [0.25, 0.3) is 5.56 Å². The summed E-state index contributed by atoms with van der Waals surface area (Å²) in [7, 11) is 0. The number of benzene rings is 1. The molecule has 4 aromatic rings. The molecule has 0 spiro atoms. The van der Waals surface area contributed by atoms with Crippen LogP contribution in [0, 0.1) is 6.92 Å². The fourth-order valence-corrected chi connectivity index (χ4v) is 6.08. The molecule has 3 aromatic heterocycles. The quantitative estimate of drug-likeness (QED) is 0.243. The zero-order valence-electron chi connectivity index (χ0n) is 26.9. The number of ether oxygens (including phenoxy) is 1. The number of piperazine rings is 1. The maximum atomic E-state index is 14.1. The number of hydrogen-bond donors (Lipinski definition) is 3. The third-order valence-electron chi connectivity index (χ3n) is 8.31. The second-order valence-corrected chi connectivity index (χ2v) is 12.1. The average Bonchev–Trinajstić information content (AvgIpc) is 3.73. The van der Waals surface area contributed by atoms with Crippen LogP contribution in [0.2, 0.25) is 5.02 Å². The number of rotatable bonds is 7. The molecule has 1 saturated heterocycles. The highest BCUT2D eigenvalue weighted by molar-refractivity contribution is 6.39. The highest BCUT2D eigenvalue weighted by atomic mass is 35.5. The van der Waals surface area contributed by atoms with Gasteiger partial charge in [0, 0.05) is 37.9 Å². The van der Waals surface area contributed by atoms with Crippen molar-refractivity contribution in [1.82, 2.24) is 34.3 Å². The average molecular weight is 717 g/mol. The number of aromatic nitrogens is 6. The maximum Gasteiger partial charge on any atom is 0.416 e. The second-order valence-electron chi connectivity index (χ2n) is 11.7. The third kappa shape index (κ3) is 7.07. The Morgan fingerprint density at radius 1 is 1.10 bits per heavy atom. The number of halogens is 4. The second kappa shape index (κ2) is 13.9. The molecule has 2 aliphatic rings. The molecule has 5 heterocycles. The standard InChI is InChI=1S/C31H32ClF3N10O5/c1-3-22-25(42-8-10-43(11-9-42)29(49)27(47)37-23-14-17(2)39-40-23)28(48)45-30(38-26(41-45)18-6-12-50-13-7-18)44(22)16-24(46)36-21-5-4-19(15-20(21)32)31(33,34)35/h4-6,14-15H,3,7-13,16H2,1-2H3,(H,36,46)(H2,37,39,40,47). The van der Waals surface area contributed by atoms with E-state index < -0.39 is 35.0 Å². The van der Waals surface area contributed by atoms with Gasteiger partial charge in [0.2, 0.25) is 11.7 Å². The summed E-state index contributed by atoms with van der Waals surface area (Å²) >= 11 is 6.10. The van der Waals surface area contributed by atoms with Gasteiger partial charge in [-0.2, -0.15) is 27.8 Å². The molecule has 0 bridgehead atoms. The van der Waals surface area contributed by atoms with E-state index in [0.29, 0.717) is 31.0 Å². The summed E-state index contributed by atoms with van der Waals surface area (Å²) in [6.07, 6.45) is -2.02. The first-order valence-electron chi connectivity index (χ1n) is 15.7. The molecule has 0 atom stereocenters. The SMILES string of the molecule is CCc1c(N2CCN(C(=O)C(=O)Nc3cc(C)[nH]n3)CC2)c(=O)n2nc(C3=CCOCC3)nc2n1CC(=O)Nc1ccc(C(F)(F)F)cc1Cl. The van der Waals surface area contributed by atoms with Gasteiger partial charge >= 0.3 is 18.0 Å². The van der Waals surface area contributed by atoms with Crippen molar-refractivity contribution in [2.75, 3.05) is 54.9 Å². The van der Waals surface area contributed by atoms with Gasteiger partial charge in [-0.15, -0.1) is 5.10 Å². The molecule has 264 valence electrons. The highest BCUT2D eigenvalue weighted by Gasteiger charge is 2.32. The van der Waals surface area contributed by atoms with Crippen molar-refractivity contribution in [3.8, 4) is 0 Å². The fraction of sp³-hybridized carbons (Fsp3) is 0.387. The molecule has 19 heteroatoms. The topological polar surface area (TPSA) is 172 Å². The Bertz CT molecular complexity index is 2060. The summed E-state index contributed by atoms with van der Waals surface area (Å²) in [6, 6.07) is 4.19. The molecule has 1 aromatic carbocycles. The molecule has 15 nitrogen and oxygen atoms in total. The predicted molar refractivity (Wildman–Crippen MR) is 176 cm³/mol. The Morgan fingerprint density at radius 2 is 1.86 bits per heavy atom. The van der Waals surface area contributed by atoms with Crippen molar-refractivity contribution in [3.63, 3.8) is 0 Å². The Labute approximate surface area is 287 Å². The first-order valence-corrected chi connectivity index (χ1v) is 16.0. The summed E-state index contributed by atoms with van der Waals surface area (Å²) in [6.45, 7) is 4.57. The number of anilines is 3. The molecule has 3 N–H and O–H groups in total. The van der Waals surface area contributed by atoms with E-state index in [9.17, 15) is 32.3 Å². The zero-order valence-corrected chi connectivity index (χ0v) is 27.7. The van der Waals surface area contributed by atoms with E-state index in [4.69, 9.17) is 16.3 Å². The molecular weight excluding hydrogens is 685 g/mol. The monoisotopic (exact) mass is 716 g/mol. The van der Waals surface area contributed by atoms with Gasteiger partial charge < -0.3 is 29.7 Å². The van der Waals surface area contributed by atoms with Crippen LogP contribution in [0.5, 0.6) is 0 Å². The van der Waals surface area contributed by atoms with E-state index in [1.165, 1.54) is 9.47 Å². The number of alkyl halides is 3. The first kappa shape index (κ1) is 34.6. The molecule has 0 unspecified atom stereocenters. The number of hydrogen-bond acceptors (Lipinski definition) is 9. The zero-order chi connectivity index (χ0) is 35.7. The van der Waals surface area contributed by atoms with Gasteiger partial charge in [-0.1, -0.05) is 24.6 Å². The van der Waals surface area contributed by atoms with Crippen molar-refractivity contribution in [3.05, 3.63) is 68.5 Å². The van der Waals surface area contributed by atoms with Crippen LogP contribution in [0.15, 0.2) is 35.1 Å². The van der Waals surface area contributed by atoms with Crippen LogP contribution in [0.4, 0.5) is 30.4 Å². The lowest BCUT2D eigenvalue weighted by Gasteiger charge is -2.36. The molecule has 50 heavy (non-hydrogen) atoms. The van der Waals surface area contributed by atoms with E-state index in [-0.39, 0.29) is 73.0 Å². The number of amides is 3. The van der Waals surface area contributed by atoms with Crippen LogP contribution in [0.3, 0.4) is 0 Å². The van der Waals surface area contributed by atoms with Gasteiger partial charge in [-0.3, -0.25) is 24.3 Å². The van der Waals surface area contributed by atoms with Gasteiger partial charge in [-0.05, 0) is 43.5 Å². The van der Waals surface area contributed by atoms with Crippen LogP contribution in [0.1, 0.15) is 36.1 Å². The summed E-state index contributed by atoms with van der Waals surface area (Å²) in [5, 5.41) is 15.8. The highest BCUT2D eigenvalue weighted by Crippen LogP contribution is 2.34. The van der Waals surface area contributed by atoms with Crippen molar-refractivity contribution in [2.24, 2.45) is 0 Å². The van der Waals surface area contributed by atoms with Crippen LogP contribution in [0.25, 0.3) is 11.4 Å². The minimum atomic E-state index is -4.62. The lowest BCUT2D eigenvalue weighted by molar-refractivity contribution is -0.143. The largest absolute Gasteiger partial charge is 0.416 e. The minimum absolute atomic E-state index is 0.0261. The predicted octanol–water partition coefficient (Wildman–Crippen LogP) is 2.89. The number of aryl methyl sites for hydroxylation is 1. The Balaban J connectivity index is 1.30. The molecule has 0 saturated carbocycles. The summed E-state index contributed by atoms with van der Waals surface area (Å²) < 4.78 is 47.6. The van der Waals surface area contributed by atoms with Gasteiger partial charge in [0.1, 0.15) is 12.2 Å². The van der Waals surface area contributed by atoms with E-state index in [2.05, 4.69) is 30.9 Å². The van der Waals surface area contributed by atoms with Gasteiger partial charge in [0.15, 0.2) is 11.6 Å². The van der Waals surface area contributed by atoms with Crippen LogP contribution >= 0.6 is 11.6 Å². The third-order valence-corrected chi connectivity index (χ3v) is 8.62.